The molecule has 0 aromatic heterocycles. The Balaban J connectivity index is 2.50. The van der Waals surface area contributed by atoms with E-state index in [1.54, 1.807) is 4.90 Å². The number of aliphatic hydroxyl groups excluding tert-OH is 1. The first-order valence-electron chi connectivity index (χ1n) is 5.98. The molecule has 1 rings (SSSR count). The number of hydrogen-bond acceptors (Lipinski definition) is 4. The Bertz CT molecular complexity index is 275. The maximum Gasteiger partial charge on any atom is 0.410 e. The summed E-state index contributed by atoms with van der Waals surface area (Å²) in [6.45, 7) is 8.32. The summed E-state index contributed by atoms with van der Waals surface area (Å²) in [7, 11) is 0. The molecule has 0 radical (unpaired) electrons. The Morgan fingerprint density at radius 3 is 2.12 bits per heavy atom. The average molecular weight is 245 g/mol. The van der Waals surface area contributed by atoms with Gasteiger partial charge in [0.1, 0.15) is 5.60 Å². The van der Waals surface area contributed by atoms with Gasteiger partial charge in [-0.25, -0.2) is 4.79 Å². The summed E-state index contributed by atoms with van der Waals surface area (Å²) in [5.41, 5.74) is -1.01. The fourth-order valence-corrected chi connectivity index (χ4v) is 1.78. The van der Waals surface area contributed by atoms with Gasteiger partial charge in [-0.2, -0.15) is 0 Å². The van der Waals surface area contributed by atoms with Crippen LogP contribution in [0.3, 0.4) is 0 Å². The van der Waals surface area contributed by atoms with E-state index in [4.69, 9.17) is 4.74 Å². The van der Waals surface area contributed by atoms with E-state index in [0.29, 0.717) is 25.9 Å². The highest BCUT2D eigenvalue weighted by Crippen LogP contribution is 2.33. The van der Waals surface area contributed by atoms with Crippen molar-refractivity contribution in [3.63, 3.8) is 0 Å². The number of likely N-dealkylation sites (tertiary alicyclic amines) is 1. The first kappa shape index (κ1) is 14.3. The molecule has 1 saturated heterocycles. The molecule has 0 atom stereocenters. The zero-order valence-corrected chi connectivity index (χ0v) is 11.1. The summed E-state index contributed by atoms with van der Waals surface area (Å²) in [5, 5.41) is 18.5. The van der Waals surface area contributed by atoms with Crippen molar-refractivity contribution in [2.45, 2.75) is 52.4 Å². The fourth-order valence-electron chi connectivity index (χ4n) is 1.78. The minimum atomic E-state index is -1.33. The molecule has 5 nitrogen and oxygen atoms in total. The van der Waals surface area contributed by atoms with Gasteiger partial charge in [0, 0.05) is 18.5 Å². The van der Waals surface area contributed by atoms with E-state index in [1.807, 2.05) is 27.7 Å². The molecule has 5 heteroatoms. The van der Waals surface area contributed by atoms with E-state index >= 15 is 0 Å². The molecular formula is C12H23NO4. The smallest absolute Gasteiger partial charge is 0.410 e. The molecule has 17 heavy (non-hydrogen) atoms. The van der Waals surface area contributed by atoms with E-state index in [-0.39, 0.29) is 6.09 Å². The molecule has 100 valence electrons. The molecule has 0 unspecified atom stereocenters. The SMILES string of the molecule is CC(C)(C)OC(=O)N1CCC(C)(C(O)O)CC1. The van der Waals surface area contributed by atoms with Crippen LogP contribution in [0.2, 0.25) is 0 Å². The Kier molecular flexibility index (Phi) is 4.04. The predicted molar refractivity (Wildman–Crippen MR) is 63.4 cm³/mol. The maximum absolute atomic E-state index is 11.8. The van der Waals surface area contributed by atoms with Gasteiger partial charge in [-0.05, 0) is 33.6 Å². The fraction of sp³-hybridized carbons (Fsp3) is 0.917. The second-order valence-corrected chi connectivity index (χ2v) is 6.00. The molecule has 1 amide bonds. The Labute approximate surface area is 102 Å². The van der Waals surface area contributed by atoms with Crippen LogP contribution in [0, 0.1) is 5.41 Å². The lowest BCUT2D eigenvalue weighted by atomic mass is 9.80. The van der Waals surface area contributed by atoms with Gasteiger partial charge in [-0.15, -0.1) is 0 Å². The monoisotopic (exact) mass is 245 g/mol. The number of carbonyl (C=O) groups excluding carboxylic acids is 1. The molecule has 0 aromatic rings. The molecule has 0 aromatic carbocycles. The van der Waals surface area contributed by atoms with Crippen molar-refractivity contribution in [1.82, 2.24) is 4.90 Å². The minimum absolute atomic E-state index is 0.327. The lowest BCUT2D eigenvalue weighted by molar-refractivity contribution is -0.145. The molecule has 1 aliphatic rings. The highest BCUT2D eigenvalue weighted by atomic mass is 16.6. The number of rotatable bonds is 1. The second-order valence-electron chi connectivity index (χ2n) is 6.00. The van der Waals surface area contributed by atoms with Crippen LogP contribution >= 0.6 is 0 Å². The first-order chi connectivity index (χ1) is 7.64. The number of ether oxygens (including phenoxy) is 1. The zero-order valence-electron chi connectivity index (χ0n) is 11.1. The van der Waals surface area contributed by atoms with E-state index in [9.17, 15) is 15.0 Å². The highest BCUT2D eigenvalue weighted by molar-refractivity contribution is 5.68. The third-order valence-corrected chi connectivity index (χ3v) is 3.18. The van der Waals surface area contributed by atoms with Gasteiger partial charge >= 0.3 is 6.09 Å². The van der Waals surface area contributed by atoms with Gasteiger partial charge in [0.25, 0.3) is 0 Å². The standard InChI is InChI=1S/C12H23NO4/c1-11(2,3)17-10(16)13-7-5-12(4,6-8-13)9(14)15/h9,14-15H,5-8H2,1-4H3. The van der Waals surface area contributed by atoms with Crippen molar-refractivity contribution in [2.75, 3.05) is 13.1 Å². The van der Waals surface area contributed by atoms with Gasteiger partial charge in [-0.1, -0.05) is 6.92 Å². The Morgan fingerprint density at radius 2 is 1.76 bits per heavy atom. The lowest BCUT2D eigenvalue weighted by Gasteiger charge is -2.40. The van der Waals surface area contributed by atoms with Crippen LogP contribution in [0.4, 0.5) is 4.79 Å². The van der Waals surface area contributed by atoms with E-state index in [2.05, 4.69) is 0 Å². The predicted octanol–water partition coefficient (Wildman–Crippen LogP) is 1.33. The molecule has 0 saturated carbocycles. The van der Waals surface area contributed by atoms with Gasteiger partial charge in [0.15, 0.2) is 6.29 Å². The van der Waals surface area contributed by atoms with Crippen molar-refractivity contribution in [2.24, 2.45) is 5.41 Å². The number of carbonyl (C=O) groups is 1. The third kappa shape index (κ3) is 3.85. The number of amides is 1. The molecule has 2 N–H and O–H groups in total. The van der Waals surface area contributed by atoms with E-state index in [0.717, 1.165) is 0 Å². The van der Waals surface area contributed by atoms with Crippen molar-refractivity contribution in [1.29, 1.82) is 0 Å². The van der Waals surface area contributed by atoms with Crippen molar-refractivity contribution in [3.05, 3.63) is 0 Å². The van der Waals surface area contributed by atoms with Crippen molar-refractivity contribution in [3.8, 4) is 0 Å². The third-order valence-electron chi connectivity index (χ3n) is 3.18. The van der Waals surface area contributed by atoms with E-state index in [1.165, 1.54) is 0 Å². The van der Waals surface area contributed by atoms with Gasteiger partial charge in [0.05, 0.1) is 0 Å². The summed E-state index contributed by atoms with van der Waals surface area (Å²) in [4.78, 5) is 13.4. The summed E-state index contributed by atoms with van der Waals surface area (Å²) >= 11 is 0. The lowest BCUT2D eigenvalue weighted by Crippen LogP contribution is -2.47. The van der Waals surface area contributed by atoms with Crippen molar-refractivity contribution < 1.29 is 19.7 Å². The Hall–Kier alpha value is -0.810. The highest BCUT2D eigenvalue weighted by Gasteiger charge is 2.37. The molecular weight excluding hydrogens is 222 g/mol. The topological polar surface area (TPSA) is 70.0 Å². The molecule has 0 aliphatic carbocycles. The molecule has 1 fully saturated rings. The van der Waals surface area contributed by atoms with Crippen LogP contribution in [-0.4, -0.2) is 46.2 Å². The van der Waals surface area contributed by atoms with Crippen LogP contribution in [0.1, 0.15) is 40.5 Å². The van der Waals surface area contributed by atoms with Crippen LogP contribution in [0.15, 0.2) is 0 Å². The largest absolute Gasteiger partial charge is 0.444 e. The number of aliphatic hydroxyl groups is 2. The average Bonchev–Trinajstić information content (AvgIpc) is 2.15. The van der Waals surface area contributed by atoms with Crippen LogP contribution in [0.25, 0.3) is 0 Å². The normalized spacial score (nSPS) is 20.5. The molecule has 1 heterocycles. The number of nitrogens with zero attached hydrogens (tertiary/aromatic N) is 1. The van der Waals surface area contributed by atoms with Crippen LogP contribution in [-0.2, 0) is 4.74 Å². The van der Waals surface area contributed by atoms with Gasteiger partial charge in [-0.3, -0.25) is 0 Å². The summed E-state index contributed by atoms with van der Waals surface area (Å²) in [5.74, 6) is 0. The van der Waals surface area contributed by atoms with Gasteiger partial charge in [0.2, 0.25) is 0 Å². The van der Waals surface area contributed by atoms with Crippen LogP contribution in [0.5, 0.6) is 0 Å². The number of piperidine rings is 1. The zero-order chi connectivity index (χ0) is 13.3. The van der Waals surface area contributed by atoms with Crippen LogP contribution < -0.4 is 0 Å². The first-order valence-corrected chi connectivity index (χ1v) is 5.98. The summed E-state index contributed by atoms with van der Waals surface area (Å²) in [6.07, 6.45) is -0.511. The van der Waals surface area contributed by atoms with Gasteiger partial charge < -0.3 is 19.8 Å². The quantitative estimate of drug-likeness (QED) is 0.684. The van der Waals surface area contributed by atoms with Crippen molar-refractivity contribution >= 4 is 6.09 Å². The minimum Gasteiger partial charge on any atom is -0.444 e. The molecule has 0 spiro atoms. The maximum atomic E-state index is 11.8. The second kappa shape index (κ2) is 4.82. The summed E-state index contributed by atoms with van der Waals surface area (Å²) in [6, 6.07) is 0. The number of hydrogen-bond donors (Lipinski definition) is 2. The Morgan fingerprint density at radius 1 is 1.29 bits per heavy atom. The molecule has 0 bridgehead atoms. The van der Waals surface area contributed by atoms with E-state index < -0.39 is 17.3 Å². The summed E-state index contributed by atoms with van der Waals surface area (Å²) < 4.78 is 5.27. The molecule has 1 aliphatic heterocycles.